The number of aryl methyl sites for hydroxylation is 2. The van der Waals surface area contributed by atoms with Crippen molar-refractivity contribution in [2.24, 2.45) is 5.73 Å². The summed E-state index contributed by atoms with van der Waals surface area (Å²) in [4.78, 5) is 14.1. The van der Waals surface area contributed by atoms with Crippen LogP contribution in [0.4, 0.5) is 5.69 Å². The predicted molar refractivity (Wildman–Crippen MR) is 78.2 cm³/mol. The van der Waals surface area contributed by atoms with Crippen molar-refractivity contribution >= 4 is 11.6 Å². The normalized spacial score (nSPS) is 20.3. The van der Waals surface area contributed by atoms with Crippen molar-refractivity contribution < 1.29 is 4.79 Å². The van der Waals surface area contributed by atoms with Gasteiger partial charge in [0.1, 0.15) is 0 Å². The number of carbonyl (C=O) groups is 1. The molecule has 1 aromatic carbocycles. The van der Waals surface area contributed by atoms with Gasteiger partial charge in [-0.05, 0) is 56.5 Å². The van der Waals surface area contributed by atoms with E-state index in [-0.39, 0.29) is 11.9 Å². The number of amides is 1. The number of benzene rings is 1. The van der Waals surface area contributed by atoms with Gasteiger partial charge in [-0.15, -0.1) is 0 Å². The second-order valence-corrected chi connectivity index (χ2v) is 5.48. The molecule has 1 aromatic rings. The molecule has 0 aromatic heterocycles. The van der Waals surface area contributed by atoms with Gasteiger partial charge in [0.25, 0.3) is 0 Å². The third kappa shape index (κ3) is 4.04. The Balaban J connectivity index is 1.88. The Morgan fingerprint density at radius 3 is 2.89 bits per heavy atom. The molecule has 4 heteroatoms. The third-order valence-electron chi connectivity index (χ3n) is 3.70. The number of hydrogen-bond donors (Lipinski definition) is 2. The Bertz CT molecular complexity index is 459. The predicted octanol–water partition coefficient (Wildman–Crippen LogP) is 1.67. The van der Waals surface area contributed by atoms with Gasteiger partial charge < -0.3 is 11.1 Å². The molecular weight excluding hydrogens is 238 g/mol. The van der Waals surface area contributed by atoms with E-state index in [2.05, 4.69) is 24.1 Å². The molecule has 4 nitrogen and oxygen atoms in total. The zero-order valence-corrected chi connectivity index (χ0v) is 11.8. The van der Waals surface area contributed by atoms with Gasteiger partial charge in [0.05, 0.1) is 6.54 Å². The van der Waals surface area contributed by atoms with E-state index < -0.39 is 0 Å². The topological polar surface area (TPSA) is 58.4 Å². The largest absolute Gasteiger partial charge is 0.327 e. The van der Waals surface area contributed by atoms with Gasteiger partial charge in [-0.25, -0.2) is 0 Å². The molecular formula is C15H23N3O. The lowest BCUT2D eigenvalue weighted by Crippen LogP contribution is -2.45. The van der Waals surface area contributed by atoms with Gasteiger partial charge in [0.15, 0.2) is 0 Å². The number of nitrogens with one attached hydrogen (secondary N) is 1. The van der Waals surface area contributed by atoms with Crippen molar-refractivity contribution in [2.45, 2.75) is 32.7 Å². The Kier molecular flexibility index (Phi) is 4.56. The number of anilines is 1. The molecule has 0 saturated carbocycles. The summed E-state index contributed by atoms with van der Waals surface area (Å²) in [5.74, 6) is 0.0392. The molecule has 3 N–H and O–H groups in total. The highest BCUT2D eigenvalue weighted by Gasteiger charge is 2.18. The molecule has 1 aliphatic heterocycles. The molecule has 1 aliphatic rings. The van der Waals surface area contributed by atoms with Crippen molar-refractivity contribution in [1.82, 2.24) is 4.90 Å². The zero-order chi connectivity index (χ0) is 13.8. The van der Waals surface area contributed by atoms with Crippen LogP contribution in [0.1, 0.15) is 24.0 Å². The number of hydrogen-bond acceptors (Lipinski definition) is 3. The molecule has 1 heterocycles. The zero-order valence-electron chi connectivity index (χ0n) is 11.8. The van der Waals surface area contributed by atoms with E-state index in [4.69, 9.17) is 5.73 Å². The van der Waals surface area contributed by atoms with Gasteiger partial charge >= 0.3 is 0 Å². The molecule has 1 atom stereocenters. The first-order chi connectivity index (χ1) is 9.04. The number of nitrogens with zero attached hydrogens (tertiary/aromatic N) is 1. The number of likely N-dealkylation sites (tertiary alicyclic amines) is 1. The highest BCUT2D eigenvalue weighted by atomic mass is 16.2. The van der Waals surface area contributed by atoms with Crippen LogP contribution in [0.25, 0.3) is 0 Å². The summed E-state index contributed by atoms with van der Waals surface area (Å²) in [5, 5.41) is 2.95. The van der Waals surface area contributed by atoms with E-state index in [9.17, 15) is 4.79 Å². The Labute approximate surface area is 115 Å². The smallest absolute Gasteiger partial charge is 0.238 e. The SMILES string of the molecule is Cc1ccc(NC(=O)CN2CCCC(N)C2)cc1C. The maximum Gasteiger partial charge on any atom is 0.238 e. The van der Waals surface area contributed by atoms with Crippen LogP contribution < -0.4 is 11.1 Å². The van der Waals surface area contributed by atoms with E-state index in [1.807, 2.05) is 18.2 Å². The van der Waals surface area contributed by atoms with E-state index in [1.54, 1.807) is 0 Å². The minimum absolute atomic E-state index is 0.0392. The molecule has 1 unspecified atom stereocenters. The average molecular weight is 261 g/mol. The van der Waals surface area contributed by atoms with Gasteiger partial charge in [-0.3, -0.25) is 9.69 Å². The minimum Gasteiger partial charge on any atom is -0.327 e. The molecule has 0 radical (unpaired) electrons. The van der Waals surface area contributed by atoms with E-state index in [0.717, 1.165) is 31.6 Å². The maximum atomic E-state index is 12.0. The molecule has 1 amide bonds. The fourth-order valence-corrected chi connectivity index (χ4v) is 2.46. The van der Waals surface area contributed by atoms with Crippen LogP contribution in [0.3, 0.4) is 0 Å². The summed E-state index contributed by atoms with van der Waals surface area (Å²) in [6, 6.07) is 6.20. The first-order valence-corrected chi connectivity index (χ1v) is 6.89. The highest BCUT2D eigenvalue weighted by molar-refractivity contribution is 5.92. The van der Waals surface area contributed by atoms with Crippen molar-refractivity contribution in [2.75, 3.05) is 25.0 Å². The van der Waals surface area contributed by atoms with Crippen molar-refractivity contribution in [1.29, 1.82) is 0 Å². The summed E-state index contributed by atoms with van der Waals surface area (Å²) in [6.45, 7) is 6.33. The number of rotatable bonds is 3. The third-order valence-corrected chi connectivity index (χ3v) is 3.70. The summed E-state index contributed by atoms with van der Waals surface area (Å²) < 4.78 is 0. The fourth-order valence-electron chi connectivity index (χ4n) is 2.46. The van der Waals surface area contributed by atoms with Crippen LogP contribution in [0.5, 0.6) is 0 Å². The molecule has 19 heavy (non-hydrogen) atoms. The van der Waals surface area contributed by atoms with Gasteiger partial charge in [-0.1, -0.05) is 6.07 Å². The van der Waals surface area contributed by atoms with Crippen LogP contribution in [0.15, 0.2) is 18.2 Å². The lowest BCUT2D eigenvalue weighted by atomic mass is 10.1. The van der Waals surface area contributed by atoms with E-state index in [0.29, 0.717) is 6.54 Å². The van der Waals surface area contributed by atoms with E-state index in [1.165, 1.54) is 11.1 Å². The molecule has 0 spiro atoms. The Morgan fingerprint density at radius 2 is 2.21 bits per heavy atom. The van der Waals surface area contributed by atoms with Crippen LogP contribution >= 0.6 is 0 Å². The Morgan fingerprint density at radius 1 is 1.42 bits per heavy atom. The van der Waals surface area contributed by atoms with Crippen molar-refractivity contribution in [3.8, 4) is 0 Å². The molecule has 2 rings (SSSR count). The van der Waals surface area contributed by atoms with Gasteiger partial charge in [0, 0.05) is 18.3 Å². The molecule has 104 valence electrons. The summed E-state index contributed by atoms with van der Waals surface area (Å²) in [5.41, 5.74) is 9.21. The van der Waals surface area contributed by atoms with Crippen molar-refractivity contribution in [3.63, 3.8) is 0 Å². The molecule has 1 fully saturated rings. The standard InChI is InChI=1S/C15H23N3O/c1-11-5-6-14(8-12(11)2)17-15(19)10-18-7-3-4-13(16)9-18/h5-6,8,13H,3-4,7,9-10,16H2,1-2H3,(H,17,19). The fraction of sp³-hybridized carbons (Fsp3) is 0.533. The Hall–Kier alpha value is -1.39. The van der Waals surface area contributed by atoms with Crippen LogP contribution in [0, 0.1) is 13.8 Å². The van der Waals surface area contributed by atoms with Gasteiger partial charge in [-0.2, -0.15) is 0 Å². The van der Waals surface area contributed by atoms with Crippen LogP contribution in [-0.4, -0.2) is 36.5 Å². The minimum atomic E-state index is 0.0392. The maximum absolute atomic E-state index is 12.0. The first-order valence-electron chi connectivity index (χ1n) is 6.89. The summed E-state index contributed by atoms with van der Waals surface area (Å²) >= 11 is 0. The monoisotopic (exact) mass is 261 g/mol. The lowest BCUT2D eigenvalue weighted by molar-refractivity contribution is -0.117. The van der Waals surface area contributed by atoms with E-state index >= 15 is 0 Å². The first kappa shape index (κ1) is 14.0. The summed E-state index contributed by atoms with van der Waals surface area (Å²) in [7, 11) is 0. The average Bonchev–Trinajstić information content (AvgIpc) is 2.34. The molecule has 1 saturated heterocycles. The van der Waals surface area contributed by atoms with Crippen LogP contribution in [-0.2, 0) is 4.79 Å². The second-order valence-electron chi connectivity index (χ2n) is 5.48. The molecule has 0 bridgehead atoms. The quantitative estimate of drug-likeness (QED) is 0.870. The van der Waals surface area contributed by atoms with Crippen molar-refractivity contribution in [3.05, 3.63) is 29.3 Å². The number of piperidine rings is 1. The number of nitrogens with two attached hydrogens (primary N) is 1. The molecule has 0 aliphatic carbocycles. The summed E-state index contributed by atoms with van der Waals surface area (Å²) in [6.07, 6.45) is 2.15. The highest BCUT2D eigenvalue weighted by Crippen LogP contribution is 2.14. The van der Waals surface area contributed by atoms with Gasteiger partial charge in [0.2, 0.25) is 5.91 Å². The number of carbonyl (C=O) groups excluding carboxylic acids is 1. The van der Waals surface area contributed by atoms with Crippen LogP contribution in [0.2, 0.25) is 0 Å². The second kappa shape index (κ2) is 6.17. The lowest BCUT2D eigenvalue weighted by Gasteiger charge is -2.29.